The lowest BCUT2D eigenvalue weighted by molar-refractivity contribution is 0.125. The molecule has 0 bridgehead atoms. The Morgan fingerprint density at radius 1 is 1.29 bits per heavy atom. The Morgan fingerprint density at radius 2 is 1.96 bits per heavy atom. The van der Waals surface area contributed by atoms with Crippen molar-refractivity contribution in [3.8, 4) is 11.5 Å². The highest BCUT2D eigenvalue weighted by Crippen LogP contribution is 2.28. The molecule has 2 rings (SSSR count). The molecule has 0 aromatic heterocycles. The minimum Gasteiger partial charge on any atom is -0.497 e. The first-order valence-electron chi connectivity index (χ1n) is 7.57. The number of likely N-dealkylation sites (tertiary alicyclic amines) is 1. The Labute approximate surface area is 141 Å². The first-order chi connectivity index (χ1) is 11.4. The van der Waals surface area contributed by atoms with Gasteiger partial charge in [0.15, 0.2) is 0 Å². The maximum atomic E-state index is 12.5. The highest BCUT2D eigenvalue weighted by atomic mass is 32.2. The molecule has 0 unspecified atom stereocenters. The van der Waals surface area contributed by atoms with Gasteiger partial charge < -0.3 is 19.5 Å². The molecule has 8 nitrogen and oxygen atoms in total. The summed E-state index contributed by atoms with van der Waals surface area (Å²) in [6.45, 7) is 1.10. The van der Waals surface area contributed by atoms with Gasteiger partial charge in [0.1, 0.15) is 16.4 Å². The van der Waals surface area contributed by atoms with Gasteiger partial charge in [-0.15, -0.1) is 0 Å². The number of amides is 1. The van der Waals surface area contributed by atoms with Gasteiger partial charge in [0.2, 0.25) is 10.0 Å². The monoisotopic (exact) mass is 358 g/mol. The summed E-state index contributed by atoms with van der Waals surface area (Å²) in [5.74, 6) is 0.766. The van der Waals surface area contributed by atoms with E-state index in [4.69, 9.17) is 14.6 Å². The molecule has 0 saturated carbocycles. The zero-order chi connectivity index (χ0) is 17.7. The molecular weight excluding hydrogens is 336 g/mol. The van der Waals surface area contributed by atoms with Crippen LogP contribution in [-0.2, 0) is 10.0 Å². The van der Waals surface area contributed by atoms with E-state index in [1.54, 1.807) is 12.1 Å². The normalized spacial score (nSPS) is 16.0. The fraction of sp³-hybridized carbons (Fsp3) is 0.533. The molecule has 1 amide bonds. The average Bonchev–Trinajstić information content (AvgIpc) is 2.59. The predicted octanol–water partition coefficient (Wildman–Crippen LogP) is 1.37. The minimum absolute atomic E-state index is 0.0207. The highest BCUT2D eigenvalue weighted by Gasteiger charge is 2.25. The molecule has 0 spiro atoms. The van der Waals surface area contributed by atoms with Crippen LogP contribution in [0.5, 0.6) is 11.5 Å². The second-order valence-corrected chi connectivity index (χ2v) is 7.32. The van der Waals surface area contributed by atoms with E-state index in [0.717, 1.165) is 0 Å². The van der Waals surface area contributed by atoms with Gasteiger partial charge in [-0.1, -0.05) is 0 Å². The van der Waals surface area contributed by atoms with Crippen molar-refractivity contribution in [3.63, 3.8) is 0 Å². The molecule has 0 radical (unpaired) electrons. The lowest BCUT2D eigenvalue weighted by atomic mass is 9.97. The van der Waals surface area contributed by atoms with E-state index >= 15 is 0 Å². The van der Waals surface area contributed by atoms with Gasteiger partial charge in [0.05, 0.1) is 14.2 Å². The summed E-state index contributed by atoms with van der Waals surface area (Å²) in [7, 11) is -0.884. The van der Waals surface area contributed by atoms with Crippen LogP contribution in [0.3, 0.4) is 0 Å². The van der Waals surface area contributed by atoms with E-state index in [1.165, 1.54) is 25.2 Å². The maximum absolute atomic E-state index is 12.5. The Bertz CT molecular complexity index is 683. The Morgan fingerprint density at radius 3 is 2.50 bits per heavy atom. The topological polar surface area (TPSA) is 105 Å². The molecular formula is C15H22N2O6S. The number of carbonyl (C=O) groups is 1. The van der Waals surface area contributed by atoms with Crippen molar-refractivity contribution in [2.45, 2.75) is 17.7 Å². The van der Waals surface area contributed by atoms with Crippen LogP contribution in [0.4, 0.5) is 4.79 Å². The van der Waals surface area contributed by atoms with Crippen molar-refractivity contribution >= 4 is 16.1 Å². The second kappa shape index (κ2) is 7.71. The minimum atomic E-state index is -3.75. The van der Waals surface area contributed by atoms with Gasteiger partial charge in [-0.25, -0.2) is 17.9 Å². The number of piperidine rings is 1. The van der Waals surface area contributed by atoms with Crippen LogP contribution in [0.25, 0.3) is 0 Å². The van der Waals surface area contributed by atoms with E-state index in [0.29, 0.717) is 31.7 Å². The van der Waals surface area contributed by atoms with E-state index < -0.39 is 16.1 Å². The van der Waals surface area contributed by atoms with Crippen LogP contribution in [-0.4, -0.2) is 58.4 Å². The van der Waals surface area contributed by atoms with Crippen LogP contribution < -0.4 is 14.2 Å². The SMILES string of the molecule is COc1ccc(OC)c(S(=O)(=O)NCC2CCN(C(=O)O)CC2)c1. The largest absolute Gasteiger partial charge is 0.497 e. The Hall–Kier alpha value is -2.00. The van der Waals surface area contributed by atoms with Gasteiger partial charge >= 0.3 is 6.09 Å². The molecule has 0 aliphatic carbocycles. The van der Waals surface area contributed by atoms with Crippen molar-refractivity contribution in [2.75, 3.05) is 33.9 Å². The average molecular weight is 358 g/mol. The van der Waals surface area contributed by atoms with E-state index in [9.17, 15) is 13.2 Å². The predicted molar refractivity (Wildman–Crippen MR) is 87.1 cm³/mol. The molecule has 0 atom stereocenters. The summed E-state index contributed by atoms with van der Waals surface area (Å²) in [5.41, 5.74) is 0. The maximum Gasteiger partial charge on any atom is 0.407 e. The van der Waals surface area contributed by atoms with Crippen molar-refractivity contribution < 1.29 is 27.8 Å². The molecule has 2 N–H and O–H groups in total. The Balaban J connectivity index is 2.03. The summed E-state index contributed by atoms with van der Waals surface area (Å²) in [6.07, 6.45) is 0.323. The number of methoxy groups -OCH3 is 2. The van der Waals surface area contributed by atoms with Crippen molar-refractivity contribution in [2.24, 2.45) is 5.92 Å². The molecule has 1 aromatic carbocycles. The number of carboxylic acid groups (broad SMARTS) is 1. The summed E-state index contributed by atoms with van der Waals surface area (Å²) in [4.78, 5) is 12.2. The Kier molecular flexibility index (Phi) is 5.89. The first kappa shape index (κ1) is 18.3. The number of ether oxygens (including phenoxy) is 2. The lowest BCUT2D eigenvalue weighted by Crippen LogP contribution is -2.40. The number of hydrogen-bond acceptors (Lipinski definition) is 5. The summed E-state index contributed by atoms with van der Waals surface area (Å²) < 4.78 is 37.9. The number of sulfonamides is 1. The third kappa shape index (κ3) is 4.30. The van der Waals surface area contributed by atoms with Gasteiger partial charge in [-0.3, -0.25) is 0 Å². The van der Waals surface area contributed by atoms with Gasteiger partial charge in [0, 0.05) is 25.7 Å². The van der Waals surface area contributed by atoms with E-state index in [-0.39, 0.29) is 23.1 Å². The van der Waals surface area contributed by atoms with Crippen molar-refractivity contribution in [1.82, 2.24) is 9.62 Å². The number of nitrogens with one attached hydrogen (secondary N) is 1. The van der Waals surface area contributed by atoms with Crippen molar-refractivity contribution in [3.05, 3.63) is 18.2 Å². The van der Waals surface area contributed by atoms with Gasteiger partial charge in [-0.05, 0) is 30.9 Å². The lowest BCUT2D eigenvalue weighted by Gasteiger charge is -2.30. The second-order valence-electron chi connectivity index (χ2n) is 5.58. The molecule has 1 aliphatic rings. The molecule has 1 heterocycles. The molecule has 1 fully saturated rings. The highest BCUT2D eigenvalue weighted by molar-refractivity contribution is 7.89. The first-order valence-corrected chi connectivity index (χ1v) is 9.05. The van der Waals surface area contributed by atoms with Crippen LogP contribution >= 0.6 is 0 Å². The third-order valence-corrected chi connectivity index (χ3v) is 5.55. The number of rotatable bonds is 6. The van der Waals surface area contributed by atoms with E-state index in [1.807, 2.05) is 0 Å². The summed E-state index contributed by atoms with van der Waals surface area (Å²) in [5, 5.41) is 8.93. The van der Waals surface area contributed by atoms with Gasteiger partial charge in [-0.2, -0.15) is 0 Å². The third-order valence-electron chi connectivity index (χ3n) is 4.11. The van der Waals surface area contributed by atoms with E-state index in [2.05, 4.69) is 4.72 Å². The molecule has 9 heteroatoms. The van der Waals surface area contributed by atoms with Crippen LogP contribution in [0.1, 0.15) is 12.8 Å². The van der Waals surface area contributed by atoms with Crippen molar-refractivity contribution in [1.29, 1.82) is 0 Å². The summed E-state index contributed by atoms with van der Waals surface area (Å²) >= 11 is 0. The fourth-order valence-electron chi connectivity index (χ4n) is 2.63. The summed E-state index contributed by atoms with van der Waals surface area (Å²) in [6, 6.07) is 4.58. The number of hydrogen-bond donors (Lipinski definition) is 2. The molecule has 1 aromatic rings. The molecule has 1 saturated heterocycles. The standard InChI is InChI=1S/C15H22N2O6S/c1-22-12-3-4-13(23-2)14(9-12)24(20,21)16-10-11-5-7-17(8-6-11)15(18)19/h3-4,9,11,16H,5-8,10H2,1-2H3,(H,18,19). The zero-order valence-electron chi connectivity index (χ0n) is 13.7. The zero-order valence-corrected chi connectivity index (χ0v) is 14.5. The smallest absolute Gasteiger partial charge is 0.407 e. The molecule has 1 aliphatic heterocycles. The van der Waals surface area contributed by atoms with Crippen LogP contribution in [0.15, 0.2) is 23.1 Å². The number of benzene rings is 1. The van der Waals surface area contributed by atoms with Gasteiger partial charge in [0.25, 0.3) is 0 Å². The quantitative estimate of drug-likeness (QED) is 0.796. The number of nitrogens with zero attached hydrogens (tertiary/aromatic N) is 1. The van der Waals surface area contributed by atoms with Crippen LogP contribution in [0.2, 0.25) is 0 Å². The van der Waals surface area contributed by atoms with Crippen LogP contribution in [0, 0.1) is 5.92 Å². The molecule has 24 heavy (non-hydrogen) atoms. The molecule has 134 valence electrons. The fourth-order valence-corrected chi connectivity index (χ4v) is 3.93.